The van der Waals surface area contributed by atoms with E-state index in [9.17, 15) is 8.42 Å². The third kappa shape index (κ3) is 2.67. The molecule has 0 unspecified atom stereocenters. The van der Waals surface area contributed by atoms with Crippen molar-refractivity contribution in [3.63, 3.8) is 0 Å². The Morgan fingerprint density at radius 3 is 2.67 bits per heavy atom. The molecule has 5 heteroatoms. The minimum Gasteiger partial charge on any atom is -0.468 e. The summed E-state index contributed by atoms with van der Waals surface area (Å²) in [5.41, 5.74) is 0. The van der Waals surface area contributed by atoms with Crippen LogP contribution in [0.5, 0.6) is 0 Å². The van der Waals surface area contributed by atoms with Crippen LogP contribution in [0, 0.1) is 0 Å². The average Bonchev–Trinajstić information content (AvgIpc) is 2.32. The van der Waals surface area contributed by atoms with Crippen molar-refractivity contribution >= 4 is 10.0 Å². The molecule has 12 heavy (non-hydrogen) atoms. The van der Waals surface area contributed by atoms with Gasteiger partial charge >= 0.3 is 0 Å². The molecular weight excluding hydrogens is 178 g/mol. The molecule has 0 radical (unpaired) electrons. The van der Waals surface area contributed by atoms with Crippen molar-refractivity contribution in [1.29, 1.82) is 0 Å². The molecule has 0 aromatic carbocycles. The molecule has 0 saturated heterocycles. The molecule has 0 aliphatic heterocycles. The van der Waals surface area contributed by atoms with Crippen LogP contribution in [0.4, 0.5) is 0 Å². The molecule has 0 amide bonds. The zero-order chi connectivity index (χ0) is 9.19. The predicted molar refractivity (Wildman–Crippen MR) is 45.1 cm³/mol. The summed E-state index contributed by atoms with van der Waals surface area (Å²) in [5, 5.41) is 0. The number of furan rings is 1. The van der Waals surface area contributed by atoms with Crippen molar-refractivity contribution in [2.24, 2.45) is 0 Å². The van der Waals surface area contributed by atoms with Crippen LogP contribution in [0.25, 0.3) is 0 Å². The van der Waals surface area contributed by atoms with Gasteiger partial charge in [0.05, 0.1) is 18.6 Å². The lowest BCUT2D eigenvalue weighted by atomic mass is 10.3. The summed E-state index contributed by atoms with van der Waals surface area (Å²) in [6, 6.07) is 3.13. The van der Waals surface area contributed by atoms with Crippen molar-refractivity contribution < 1.29 is 12.8 Å². The van der Waals surface area contributed by atoms with Gasteiger partial charge in [0.1, 0.15) is 5.76 Å². The highest BCUT2D eigenvalue weighted by Gasteiger charge is 2.12. The second-order valence-corrected chi connectivity index (χ2v) is 4.41. The zero-order valence-electron chi connectivity index (χ0n) is 6.94. The van der Waals surface area contributed by atoms with Crippen LogP contribution < -0.4 is 4.72 Å². The van der Waals surface area contributed by atoms with Crippen LogP contribution in [0.1, 0.15) is 18.7 Å². The van der Waals surface area contributed by atoms with Gasteiger partial charge < -0.3 is 4.42 Å². The summed E-state index contributed by atoms with van der Waals surface area (Å²) in [6.07, 6.45) is 2.63. The maximum atomic E-state index is 10.8. The Bertz CT molecular complexity index is 328. The van der Waals surface area contributed by atoms with E-state index in [1.165, 1.54) is 6.26 Å². The molecule has 68 valence electrons. The Kier molecular flexibility index (Phi) is 2.54. The quantitative estimate of drug-likeness (QED) is 0.768. The lowest BCUT2D eigenvalue weighted by Gasteiger charge is -2.07. The minimum absolute atomic E-state index is 0.310. The average molecular weight is 189 g/mol. The van der Waals surface area contributed by atoms with Gasteiger partial charge in [-0.3, -0.25) is 0 Å². The van der Waals surface area contributed by atoms with Gasteiger partial charge in [-0.2, -0.15) is 0 Å². The molecule has 0 spiro atoms. The summed E-state index contributed by atoms with van der Waals surface area (Å²) < 4.78 is 29.0. The molecule has 1 heterocycles. The highest BCUT2D eigenvalue weighted by molar-refractivity contribution is 7.88. The Morgan fingerprint density at radius 1 is 1.58 bits per heavy atom. The molecular formula is C7H11NO3S. The minimum atomic E-state index is -3.16. The maximum absolute atomic E-state index is 10.8. The lowest BCUT2D eigenvalue weighted by Crippen LogP contribution is -2.24. The molecule has 1 atom stereocenters. The summed E-state index contributed by atoms with van der Waals surface area (Å²) in [6.45, 7) is 1.72. The maximum Gasteiger partial charge on any atom is 0.209 e. The molecule has 1 rings (SSSR count). The largest absolute Gasteiger partial charge is 0.468 e. The zero-order valence-corrected chi connectivity index (χ0v) is 7.76. The fourth-order valence-electron chi connectivity index (χ4n) is 0.917. The summed E-state index contributed by atoms with van der Waals surface area (Å²) >= 11 is 0. The van der Waals surface area contributed by atoms with Gasteiger partial charge in [-0.1, -0.05) is 0 Å². The fourth-order valence-corrected chi connectivity index (χ4v) is 1.68. The number of hydrogen-bond acceptors (Lipinski definition) is 3. The molecule has 0 saturated carbocycles. The van der Waals surface area contributed by atoms with Crippen LogP contribution in [0.2, 0.25) is 0 Å². The van der Waals surface area contributed by atoms with E-state index in [1.807, 2.05) is 0 Å². The molecule has 4 nitrogen and oxygen atoms in total. The molecule has 0 aliphatic rings. The van der Waals surface area contributed by atoms with Crippen molar-refractivity contribution in [2.75, 3.05) is 6.26 Å². The van der Waals surface area contributed by atoms with E-state index in [0.717, 1.165) is 6.26 Å². The smallest absolute Gasteiger partial charge is 0.209 e. The van der Waals surface area contributed by atoms with Gasteiger partial charge in [0.2, 0.25) is 10.0 Å². The van der Waals surface area contributed by atoms with E-state index in [2.05, 4.69) is 4.72 Å². The fraction of sp³-hybridized carbons (Fsp3) is 0.429. The first-order valence-electron chi connectivity index (χ1n) is 3.50. The normalized spacial score (nSPS) is 14.5. The molecule has 1 aromatic rings. The Balaban J connectivity index is 2.68. The Hall–Kier alpha value is -0.810. The van der Waals surface area contributed by atoms with E-state index < -0.39 is 10.0 Å². The van der Waals surface area contributed by atoms with Gasteiger partial charge in [-0.25, -0.2) is 13.1 Å². The monoisotopic (exact) mass is 189 g/mol. The second kappa shape index (κ2) is 3.28. The number of sulfonamides is 1. The van der Waals surface area contributed by atoms with E-state index in [1.54, 1.807) is 19.1 Å². The van der Waals surface area contributed by atoms with Crippen molar-refractivity contribution in [1.82, 2.24) is 4.72 Å². The third-order valence-electron chi connectivity index (χ3n) is 1.36. The van der Waals surface area contributed by atoms with Gasteiger partial charge in [0, 0.05) is 0 Å². The van der Waals surface area contributed by atoms with Gasteiger partial charge in [0.25, 0.3) is 0 Å². The second-order valence-electron chi connectivity index (χ2n) is 2.63. The van der Waals surface area contributed by atoms with Gasteiger partial charge in [-0.05, 0) is 19.1 Å². The number of nitrogens with one attached hydrogen (secondary N) is 1. The number of hydrogen-bond donors (Lipinski definition) is 1. The van der Waals surface area contributed by atoms with E-state index in [4.69, 9.17) is 4.42 Å². The van der Waals surface area contributed by atoms with Crippen molar-refractivity contribution in [3.05, 3.63) is 24.2 Å². The van der Waals surface area contributed by atoms with E-state index in [0.29, 0.717) is 5.76 Å². The van der Waals surface area contributed by atoms with Crippen LogP contribution in [0.3, 0.4) is 0 Å². The van der Waals surface area contributed by atoms with E-state index in [-0.39, 0.29) is 6.04 Å². The Labute approximate surface area is 71.6 Å². The third-order valence-corrected chi connectivity index (χ3v) is 2.14. The molecule has 0 fully saturated rings. The lowest BCUT2D eigenvalue weighted by molar-refractivity contribution is 0.460. The molecule has 1 aromatic heterocycles. The highest BCUT2D eigenvalue weighted by Crippen LogP contribution is 2.12. The summed E-state index contributed by atoms with van der Waals surface area (Å²) in [4.78, 5) is 0. The van der Waals surface area contributed by atoms with E-state index >= 15 is 0 Å². The predicted octanol–water partition coefficient (Wildman–Crippen LogP) is 0.890. The standard InChI is InChI=1S/C7H11NO3S/c1-6(8-12(2,9)10)7-4-3-5-11-7/h3-6,8H,1-2H3/t6-/m0/s1. The van der Waals surface area contributed by atoms with Crippen LogP contribution >= 0.6 is 0 Å². The van der Waals surface area contributed by atoms with Crippen LogP contribution in [-0.4, -0.2) is 14.7 Å². The highest BCUT2D eigenvalue weighted by atomic mass is 32.2. The van der Waals surface area contributed by atoms with Crippen LogP contribution in [0.15, 0.2) is 22.8 Å². The Morgan fingerprint density at radius 2 is 2.25 bits per heavy atom. The first kappa shape index (κ1) is 9.28. The molecule has 0 bridgehead atoms. The SMILES string of the molecule is C[C@H](NS(C)(=O)=O)c1ccco1. The van der Waals surface area contributed by atoms with Crippen molar-refractivity contribution in [3.8, 4) is 0 Å². The molecule has 0 aliphatic carbocycles. The first-order chi connectivity index (χ1) is 5.49. The van der Waals surface area contributed by atoms with Crippen molar-refractivity contribution in [2.45, 2.75) is 13.0 Å². The summed E-state index contributed by atoms with van der Waals surface area (Å²) in [7, 11) is -3.16. The number of rotatable bonds is 3. The molecule has 1 N–H and O–H groups in total. The first-order valence-corrected chi connectivity index (χ1v) is 5.39. The topological polar surface area (TPSA) is 59.3 Å². The summed E-state index contributed by atoms with van der Waals surface area (Å²) in [5.74, 6) is 0.612. The van der Waals surface area contributed by atoms with Gasteiger partial charge in [0.15, 0.2) is 0 Å². The van der Waals surface area contributed by atoms with Gasteiger partial charge in [-0.15, -0.1) is 0 Å². The van der Waals surface area contributed by atoms with Crippen LogP contribution in [-0.2, 0) is 10.0 Å².